The Kier molecular flexibility index (Phi) is 6.94. The van der Waals surface area contributed by atoms with Gasteiger partial charge in [-0.05, 0) is 49.2 Å². The van der Waals surface area contributed by atoms with E-state index in [1.54, 1.807) is 18.2 Å². The smallest absolute Gasteiger partial charge is 0.326 e. The lowest BCUT2D eigenvalue weighted by Crippen LogP contribution is -2.42. The number of aromatic amines is 1. The van der Waals surface area contributed by atoms with Crippen molar-refractivity contribution in [2.45, 2.75) is 25.3 Å². The van der Waals surface area contributed by atoms with Gasteiger partial charge in [-0.15, -0.1) is 0 Å². The molecule has 0 radical (unpaired) electrons. The number of nitrogens with one attached hydrogen (secondary N) is 2. The second kappa shape index (κ2) is 9.17. The quantitative estimate of drug-likeness (QED) is 0.555. The predicted molar refractivity (Wildman–Crippen MR) is 98.5 cm³/mol. The van der Waals surface area contributed by atoms with Gasteiger partial charge in [0, 0.05) is 17.1 Å². The van der Waals surface area contributed by atoms with E-state index >= 15 is 0 Å². The summed E-state index contributed by atoms with van der Waals surface area (Å²) in [6, 6.07) is 9.14. The van der Waals surface area contributed by atoms with Crippen LogP contribution in [0.25, 0.3) is 0 Å². The monoisotopic (exact) mass is 377 g/mol. The molecule has 2 rings (SSSR count). The molecule has 7 nitrogen and oxygen atoms in total. The number of nitrogens with two attached hydrogens (primary N) is 1. The number of hydrogen-bond acceptors (Lipinski definition) is 4. The third-order valence-electron chi connectivity index (χ3n) is 3.80. The number of benzene rings is 1. The maximum atomic E-state index is 12.2. The molecule has 26 heavy (non-hydrogen) atoms. The van der Waals surface area contributed by atoms with Crippen LogP contribution in [0.2, 0.25) is 5.02 Å². The molecule has 0 fully saturated rings. The number of carbonyl (C=O) groups is 2. The van der Waals surface area contributed by atoms with Crippen molar-refractivity contribution in [1.82, 2.24) is 10.3 Å². The fourth-order valence-corrected chi connectivity index (χ4v) is 2.69. The molecular weight excluding hydrogens is 358 g/mol. The largest absolute Gasteiger partial charge is 0.480 e. The zero-order valence-electron chi connectivity index (χ0n) is 14.0. The molecule has 1 heterocycles. The fourth-order valence-electron chi connectivity index (χ4n) is 2.48. The van der Waals surface area contributed by atoms with Crippen molar-refractivity contribution in [3.05, 3.63) is 68.6 Å². The van der Waals surface area contributed by atoms with Crippen LogP contribution < -0.4 is 16.6 Å². The Labute approximate surface area is 155 Å². The van der Waals surface area contributed by atoms with E-state index in [4.69, 9.17) is 22.4 Å². The minimum Gasteiger partial charge on any atom is -0.480 e. The van der Waals surface area contributed by atoms with Gasteiger partial charge in [-0.25, -0.2) is 4.79 Å². The van der Waals surface area contributed by atoms with E-state index in [0.29, 0.717) is 30.1 Å². The van der Waals surface area contributed by atoms with Crippen molar-refractivity contribution < 1.29 is 14.7 Å². The predicted octanol–water partition coefficient (Wildman–Crippen LogP) is 1.54. The van der Waals surface area contributed by atoms with E-state index in [2.05, 4.69) is 10.3 Å². The van der Waals surface area contributed by atoms with Gasteiger partial charge in [0.05, 0.1) is 0 Å². The molecule has 5 N–H and O–H groups in total. The molecule has 2 aromatic rings. The van der Waals surface area contributed by atoms with Crippen LogP contribution in [0.1, 0.15) is 34.5 Å². The summed E-state index contributed by atoms with van der Waals surface area (Å²) in [5.74, 6) is -1.90. The number of H-pyrrole nitrogens is 1. The first kappa shape index (κ1) is 19.7. The Hall–Kier alpha value is -2.64. The molecule has 8 heteroatoms. The van der Waals surface area contributed by atoms with Gasteiger partial charge in [0.25, 0.3) is 11.5 Å². The Morgan fingerprint density at radius 3 is 2.65 bits per heavy atom. The van der Waals surface area contributed by atoms with Crippen LogP contribution in [0, 0.1) is 0 Å². The molecule has 0 aliphatic rings. The van der Waals surface area contributed by atoms with Gasteiger partial charge in [-0.1, -0.05) is 23.7 Å². The van der Waals surface area contributed by atoms with Crippen molar-refractivity contribution >= 4 is 23.5 Å². The first-order valence-corrected chi connectivity index (χ1v) is 8.49. The van der Waals surface area contributed by atoms with Crippen LogP contribution in [-0.4, -0.2) is 34.6 Å². The van der Waals surface area contributed by atoms with Gasteiger partial charge in [0.15, 0.2) is 0 Å². The van der Waals surface area contributed by atoms with E-state index in [1.807, 2.05) is 12.1 Å². The van der Waals surface area contributed by atoms with Gasteiger partial charge in [-0.2, -0.15) is 0 Å². The molecule has 0 bridgehead atoms. The molecule has 1 aromatic heterocycles. The van der Waals surface area contributed by atoms with Crippen molar-refractivity contribution in [3.63, 3.8) is 0 Å². The summed E-state index contributed by atoms with van der Waals surface area (Å²) in [7, 11) is 0. The molecule has 138 valence electrons. The number of carboxylic acids is 1. The van der Waals surface area contributed by atoms with E-state index in [1.165, 1.54) is 6.07 Å². The number of pyridine rings is 1. The van der Waals surface area contributed by atoms with Crippen molar-refractivity contribution in [3.8, 4) is 0 Å². The molecule has 0 aliphatic heterocycles. The van der Waals surface area contributed by atoms with Crippen molar-refractivity contribution in [1.29, 1.82) is 0 Å². The second-order valence-electron chi connectivity index (χ2n) is 5.83. The summed E-state index contributed by atoms with van der Waals surface area (Å²) in [6.07, 6.45) is 1.10. The zero-order valence-corrected chi connectivity index (χ0v) is 14.8. The maximum Gasteiger partial charge on any atom is 0.326 e. The number of carbonyl (C=O) groups excluding carboxylic acids is 1. The molecule has 0 spiro atoms. The summed E-state index contributed by atoms with van der Waals surface area (Å²) in [5, 5.41) is 12.1. The molecule has 1 amide bonds. The summed E-state index contributed by atoms with van der Waals surface area (Å²) in [5.41, 5.74) is 6.18. The number of carboxylic acid groups (broad SMARTS) is 1. The first-order valence-electron chi connectivity index (χ1n) is 8.11. The lowest BCUT2D eigenvalue weighted by atomic mass is 10.1. The van der Waals surface area contributed by atoms with Crippen LogP contribution in [0.15, 0.2) is 41.2 Å². The Morgan fingerprint density at radius 1 is 1.27 bits per heavy atom. The third-order valence-corrected chi connectivity index (χ3v) is 4.03. The minimum absolute atomic E-state index is 0.140. The number of aromatic nitrogens is 1. The number of aliphatic carboxylic acids is 1. The highest BCUT2D eigenvalue weighted by molar-refractivity contribution is 6.30. The molecule has 0 unspecified atom stereocenters. The van der Waals surface area contributed by atoms with E-state index in [9.17, 15) is 14.4 Å². The number of hydrogen-bond donors (Lipinski definition) is 4. The average molecular weight is 378 g/mol. The van der Waals surface area contributed by atoms with E-state index in [0.717, 1.165) is 5.56 Å². The highest BCUT2D eigenvalue weighted by Crippen LogP contribution is 2.13. The molecule has 0 saturated heterocycles. The summed E-state index contributed by atoms with van der Waals surface area (Å²) in [6.45, 7) is 0.318. The standard InChI is InChI=1S/C18H20ClN3O4/c19-12-4-1-3-11(9-12)10-13-6-7-14(16(23)21-13)17(24)22-15(18(25)26)5-2-8-20/h1,3-4,6-7,9,15H,2,5,8,10,20H2,(H,21,23)(H,22,24)(H,25,26)/t15-/m0/s1. The highest BCUT2D eigenvalue weighted by atomic mass is 35.5. The summed E-state index contributed by atoms with van der Waals surface area (Å²) >= 11 is 5.94. The SMILES string of the molecule is NCCC[C@H](NC(=O)c1ccc(Cc2cccc(Cl)c2)[nH]c1=O)C(=O)O. The van der Waals surface area contributed by atoms with Gasteiger partial charge in [-0.3, -0.25) is 9.59 Å². The molecule has 0 aliphatic carbocycles. The molecule has 1 atom stereocenters. The van der Waals surface area contributed by atoms with Gasteiger partial charge in [0.1, 0.15) is 11.6 Å². The van der Waals surface area contributed by atoms with E-state index < -0.39 is 23.5 Å². The molecular formula is C18H20ClN3O4. The summed E-state index contributed by atoms with van der Waals surface area (Å²) in [4.78, 5) is 38.2. The first-order chi connectivity index (χ1) is 12.4. The normalized spacial score (nSPS) is 11.8. The highest BCUT2D eigenvalue weighted by Gasteiger charge is 2.21. The maximum absolute atomic E-state index is 12.2. The van der Waals surface area contributed by atoms with Crippen LogP contribution in [0.3, 0.4) is 0 Å². The van der Waals surface area contributed by atoms with Gasteiger partial charge < -0.3 is 21.1 Å². The van der Waals surface area contributed by atoms with Gasteiger partial charge in [0.2, 0.25) is 0 Å². The van der Waals surface area contributed by atoms with Crippen molar-refractivity contribution in [2.24, 2.45) is 5.73 Å². The third kappa shape index (κ3) is 5.44. The lowest BCUT2D eigenvalue weighted by Gasteiger charge is -2.14. The fraction of sp³-hybridized carbons (Fsp3) is 0.278. The van der Waals surface area contributed by atoms with E-state index in [-0.39, 0.29) is 12.0 Å². The number of amides is 1. The Balaban J connectivity index is 2.11. The zero-order chi connectivity index (χ0) is 19.1. The Morgan fingerprint density at radius 2 is 2.04 bits per heavy atom. The second-order valence-corrected chi connectivity index (χ2v) is 6.26. The number of halogens is 1. The van der Waals surface area contributed by atoms with Crippen LogP contribution in [0.4, 0.5) is 0 Å². The lowest BCUT2D eigenvalue weighted by molar-refractivity contribution is -0.139. The van der Waals surface area contributed by atoms with Crippen molar-refractivity contribution in [2.75, 3.05) is 6.54 Å². The molecule has 1 aromatic carbocycles. The summed E-state index contributed by atoms with van der Waals surface area (Å²) < 4.78 is 0. The molecule has 0 saturated carbocycles. The van der Waals surface area contributed by atoms with Crippen LogP contribution >= 0.6 is 11.6 Å². The van der Waals surface area contributed by atoms with Crippen LogP contribution in [-0.2, 0) is 11.2 Å². The average Bonchev–Trinajstić information content (AvgIpc) is 2.58. The topological polar surface area (TPSA) is 125 Å². The van der Waals surface area contributed by atoms with Gasteiger partial charge >= 0.3 is 5.97 Å². The Bertz CT molecular complexity index is 850. The number of rotatable bonds is 8. The van der Waals surface area contributed by atoms with Crippen LogP contribution in [0.5, 0.6) is 0 Å². The minimum atomic E-state index is -1.17.